The summed E-state index contributed by atoms with van der Waals surface area (Å²) in [6, 6.07) is 10.2. The zero-order valence-electron chi connectivity index (χ0n) is 18.5. The molecule has 1 unspecified atom stereocenters. The lowest BCUT2D eigenvalue weighted by molar-refractivity contribution is -0.129. The zero-order valence-corrected chi connectivity index (χ0v) is 19.3. The summed E-state index contributed by atoms with van der Waals surface area (Å²) in [4.78, 5) is 20.1. The lowest BCUT2D eigenvalue weighted by atomic mass is 9.77. The van der Waals surface area contributed by atoms with Crippen molar-refractivity contribution in [2.24, 2.45) is 10.7 Å². The van der Waals surface area contributed by atoms with Crippen LogP contribution in [0, 0.1) is 5.82 Å². The van der Waals surface area contributed by atoms with Crippen LogP contribution in [0.2, 0.25) is 0 Å². The third-order valence-electron chi connectivity index (χ3n) is 6.22. The Labute approximate surface area is 194 Å². The number of allylic oxidation sites excluding steroid dienone is 1. The number of hydrogen-bond acceptors (Lipinski definition) is 5. The molecule has 0 fully saturated rings. The first kappa shape index (κ1) is 23.2. The number of benzene rings is 2. The van der Waals surface area contributed by atoms with Crippen molar-refractivity contribution in [3.8, 4) is 0 Å². The lowest BCUT2D eigenvalue weighted by Crippen LogP contribution is -2.54. The Kier molecular flexibility index (Phi) is 5.72. The highest BCUT2D eigenvalue weighted by molar-refractivity contribution is 8.03. The summed E-state index contributed by atoms with van der Waals surface area (Å²) >= 11 is 1.52. The van der Waals surface area contributed by atoms with E-state index in [1.165, 1.54) is 48.0 Å². The van der Waals surface area contributed by atoms with Gasteiger partial charge < -0.3 is 11.5 Å². The van der Waals surface area contributed by atoms with E-state index in [2.05, 4.69) is 4.99 Å². The molecule has 2 aromatic rings. The maximum Gasteiger partial charge on any atom is 0.270 e. The van der Waals surface area contributed by atoms with Crippen LogP contribution < -0.4 is 11.5 Å². The number of nitrogens with zero attached hydrogens (tertiary/aromatic N) is 2. The second-order valence-corrected chi connectivity index (χ2v) is 9.79. The van der Waals surface area contributed by atoms with Crippen molar-refractivity contribution in [2.75, 3.05) is 18.5 Å². The van der Waals surface area contributed by atoms with Gasteiger partial charge in [-0.3, -0.25) is 9.69 Å². The molecule has 1 amide bonds. The monoisotopic (exact) mass is 474 g/mol. The number of thioether (sulfide) groups is 1. The summed E-state index contributed by atoms with van der Waals surface area (Å²) in [5.41, 5.74) is 12.4. The average molecular weight is 475 g/mol. The molecule has 0 saturated heterocycles. The molecule has 0 spiro atoms. The molecule has 2 aromatic carbocycles. The Morgan fingerprint density at radius 2 is 1.82 bits per heavy atom. The Morgan fingerprint density at radius 3 is 2.42 bits per heavy atom. The maximum absolute atomic E-state index is 13.9. The predicted molar refractivity (Wildman–Crippen MR) is 126 cm³/mol. The SMILES string of the molecule is CN1C(=O)[C@@H](c2ccc(C(C)(F)F)cc2)[C@@](C)(C2=CC(c3cc(N)cc(F)c3)CS2)N=C1N. The van der Waals surface area contributed by atoms with Gasteiger partial charge in [0.25, 0.3) is 5.92 Å². The number of halogens is 3. The molecule has 4 N–H and O–H groups in total. The third kappa shape index (κ3) is 4.21. The van der Waals surface area contributed by atoms with Crippen molar-refractivity contribution in [3.63, 3.8) is 0 Å². The first-order valence-corrected chi connectivity index (χ1v) is 11.4. The van der Waals surface area contributed by atoms with Gasteiger partial charge in [-0.2, -0.15) is 0 Å². The quantitative estimate of drug-likeness (QED) is 0.636. The molecule has 33 heavy (non-hydrogen) atoms. The molecular weight excluding hydrogens is 449 g/mol. The molecule has 0 aromatic heterocycles. The number of alkyl halides is 2. The van der Waals surface area contributed by atoms with Crippen LogP contribution >= 0.6 is 11.8 Å². The summed E-state index contributed by atoms with van der Waals surface area (Å²) in [7, 11) is 1.54. The molecule has 3 atom stereocenters. The Hall–Kier alpha value is -2.94. The van der Waals surface area contributed by atoms with Crippen molar-refractivity contribution in [2.45, 2.75) is 37.1 Å². The highest BCUT2D eigenvalue weighted by atomic mass is 32.2. The number of rotatable bonds is 4. The van der Waals surface area contributed by atoms with Crippen LogP contribution in [-0.4, -0.2) is 35.1 Å². The Balaban J connectivity index is 1.77. The minimum Gasteiger partial charge on any atom is -0.399 e. The van der Waals surface area contributed by atoms with Gasteiger partial charge in [-0.1, -0.05) is 30.3 Å². The Morgan fingerprint density at radius 1 is 1.15 bits per heavy atom. The summed E-state index contributed by atoms with van der Waals surface area (Å²) in [6.45, 7) is 2.65. The fraction of sp³-hybridized carbons (Fsp3) is 0.333. The predicted octanol–water partition coefficient (Wildman–Crippen LogP) is 4.56. The number of hydrogen-bond donors (Lipinski definition) is 2. The zero-order chi connectivity index (χ0) is 24.1. The molecule has 5 nitrogen and oxygen atoms in total. The molecule has 9 heteroatoms. The molecule has 2 heterocycles. The summed E-state index contributed by atoms with van der Waals surface area (Å²) in [5.74, 6) is -3.85. The molecule has 0 bridgehead atoms. The third-order valence-corrected chi connectivity index (χ3v) is 7.61. The van der Waals surface area contributed by atoms with E-state index in [1.54, 1.807) is 18.2 Å². The van der Waals surface area contributed by atoms with E-state index >= 15 is 0 Å². The number of carbonyl (C=O) groups excluding carboxylic acids is 1. The fourth-order valence-corrected chi connectivity index (χ4v) is 5.74. The van der Waals surface area contributed by atoms with Crippen molar-refractivity contribution in [3.05, 3.63) is 76.0 Å². The highest BCUT2D eigenvalue weighted by Crippen LogP contribution is 2.50. The first-order chi connectivity index (χ1) is 15.4. The number of nitrogen functional groups attached to an aromatic ring is 1. The van der Waals surface area contributed by atoms with Crippen LogP contribution in [0.5, 0.6) is 0 Å². The van der Waals surface area contributed by atoms with Crippen molar-refractivity contribution >= 4 is 29.3 Å². The number of aliphatic imine (C=N–C) groups is 1. The number of amides is 1. The van der Waals surface area contributed by atoms with Gasteiger partial charge in [0, 0.05) is 41.8 Å². The molecular formula is C24H25F3N4OS. The lowest BCUT2D eigenvalue weighted by Gasteiger charge is -2.41. The molecule has 4 rings (SSSR count). The molecule has 0 saturated carbocycles. The maximum atomic E-state index is 13.9. The van der Waals surface area contributed by atoms with Crippen LogP contribution in [0.1, 0.15) is 42.4 Å². The molecule has 2 aliphatic heterocycles. The van der Waals surface area contributed by atoms with Crippen molar-refractivity contribution in [1.82, 2.24) is 4.90 Å². The molecule has 174 valence electrons. The number of likely N-dealkylation sites (N-methyl/N-ethyl adjacent to an activating group) is 1. The highest BCUT2D eigenvalue weighted by Gasteiger charge is 2.49. The van der Waals surface area contributed by atoms with Crippen LogP contribution in [0.4, 0.5) is 18.9 Å². The minimum atomic E-state index is -2.98. The second kappa shape index (κ2) is 8.13. The summed E-state index contributed by atoms with van der Waals surface area (Å²) in [5, 5.41) is 0. The smallest absolute Gasteiger partial charge is 0.270 e. The minimum absolute atomic E-state index is 0.0791. The standard InChI is InChI=1S/C24H25F3N4OS/c1-23(19-10-15(12-33-19)14-8-17(25)11-18(28)9-14)20(21(32)31(3)22(29)30-23)13-4-6-16(7-5-13)24(2,26)27/h4-11,15,20H,12,28H2,1-3H3,(H2,29,30)/t15?,20-,23-/m1/s1. The van der Waals surface area contributed by atoms with E-state index in [-0.39, 0.29) is 23.3 Å². The van der Waals surface area contributed by atoms with Gasteiger partial charge in [-0.15, -0.1) is 11.8 Å². The Bertz CT molecular complexity index is 1140. The van der Waals surface area contributed by atoms with E-state index in [4.69, 9.17) is 11.5 Å². The summed E-state index contributed by atoms with van der Waals surface area (Å²) < 4.78 is 41.3. The van der Waals surface area contributed by atoms with E-state index < -0.39 is 23.2 Å². The van der Waals surface area contributed by atoms with E-state index in [1.807, 2.05) is 13.0 Å². The van der Waals surface area contributed by atoms with Gasteiger partial charge in [-0.05, 0) is 36.2 Å². The van der Waals surface area contributed by atoms with E-state index in [9.17, 15) is 18.0 Å². The van der Waals surface area contributed by atoms with Gasteiger partial charge in [0.2, 0.25) is 5.91 Å². The number of anilines is 1. The molecule has 0 aliphatic carbocycles. The number of carbonyl (C=O) groups is 1. The van der Waals surface area contributed by atoms with Crippen molar-refractivity contribution in [1.29, 1.82) is 0 Å². The van der Waals surface area contributed by atoms with Crippen molar-refractivity contribution < 1.29 is 18.0 Å². The van der Waals surface area contributed by atoms with Crippen LogP contribution in [0.25, 0.3) is 0 Å². The molecule has 0 radical (unpaired) electrons. The van der Waals surface area contributed by atoms with Crippen LogP contribution in [0.3, 0.4) is 0 Å². The van der Waals surface area contributed by atoms with E-state index in [0.717, 1.165) is 17.4 Å². The first-order valence-electron chi connectivity index (χ1n) is 10.4. The topological polar surface area (TPSA) is 84.7 Å². The second-order valence-electron chi connectivity index (χ2n) is 8.72. The van der Waals surface area contributed by atoms with Gasteiger partial charge in [0.05, 0.1) is 5.92 Å². The fourth-order valence-electron chi connectivity index (χ4n) is 4.37. The van der Waals surface area contributed by atoms with Gasteiger partial charge in [0.1, 0.15) is 11.4 Å². The van der Waals surface area contributed by atoms with Gasteiger partial charge >= 0.3 is 0 Å². The van der Waals surface area contributed by atoms with Gasteiger partial charge in [-0.25, -0.2) is 18.2 Å². The number of guanidine groups is 1. The summed E-state index contributed by atoms with van der Waals surface area (Å²) in [6.07, 6.45) is 1.97. The van der Waals surface area contributed by atoms with Gasteiger partial charge in [0.15, 0.2) is 5.96 Å². The largest absolute Gasteiger partial charge is 0.399 e. The normalized spacial score (nSPS) is 25.8. The van der Waals surface area contributed by atoms with E-state index in [0.29, 0.717) is 17.0 Å². The number of nitrogens with two attached hydrogens (primary N) is 2. The van der Waals surface area contributed by atoms with Crippen LogP contribution in [0.15, 0.2) is 58.4 Å². The average Bonchev–Trinajstić information content (AvgIpc) is 3.22. The molecule has 2 aliphatic rings. The van der Waals surface area contributed by atoms with Crippen LogP contribution in [-0.2, 0) is 10.7 Å².